The molecule has 0 radical (unpaired) electrons. The molecule has 0 spiro atoms. The van der Waals surface area contributed by atoms with E-state index in [1.165, 1.54) is 30.1 Å². The van der Waals surface area contributed by atoms with Gasteiger partial charge >= 0.3 is 11.9 Å². The third kappa shape index (κ3) is 7.55. The van der Waals surface area contributed by atoms with Gasteiger partial charge < -0.3 is 28.4 Å². The van der Waals surface area contributed by atoms with Gasteiger partial charge in [0.2, 0.25) is 0 Å². The van der Waals surface area contributed by atoms with Gasteiger partial charge in [0.15, 0.2) is 34.4 Å². The van der Waals surface area contributed by atoms with Gasteiger partial charge in [0.1, 0.15) is 6.61 Å². The number of nitriles is 1. The van der Waals surface area contributed by atoms with Gasteiger partial charge in [-0.1, -0.05) is 41.7 Å². The number of methoxy groups -OCH3 is 2. The monoisotopic (exact) mass is 697 g/mol. The normalized spacial score (nSPS) is 13.8. The third-order valence-corrected chi connectivity index (χ3v) is 8.64. The van der Waals surface area contributed by atoms with Crippen LogP contribution in [0.15, 0.2) is 81.7 Å². The van der Waals surface area contributed by atoms with Crippen molar-refractivity contribution in [3.63, 3.8) is 0 Å². The van der Waals surface area contributed by atoms with Crippen LogP contribution in [0.5, 0.6) is 23.0 Å². The largest absolute Gasteiger partial charge is 0.493 e. The molecular formula is C37H35N3O9S. The quantitative estimate of drug-likeness (QED) is 0.186. The molecule has 0 bridgehead atoms. The first-order chi connectivity index (χ1) is 24.2. The minimum absolute atomic E-state index is 0.123. The summed E-state index contributed by atoms with van der Waals surface area (Å²) >= 11 is 1.17. The SMILES string of the molecule is CCOC(=O)C1=C(C)N=c2s/c(=C/c3cccc(OC)c3OCc3ccc(C#N)cc3)c(=O)n2[C@H]1c1ccc(OCC(=O)OC)c(OCC)c1. The van der Waals surface area contributed by atoms with Crippen molar-refractivity contribution in [2.24, 2.45) is 4.99 Å². The van der Waals surface area contributed by atoms with Crippen LogP contribution in [0.1, 0.15) is 49.1 Å². The van der Waals surface area contributed by atoms with Crippen molar-refractivity contribution >= 4 is 29.4 Å². The molecule has 3 aromatic carbocycles. The smallest absolute Gasteiger partial charge is 0.343 e. The van der Waals surface area contributed by atoms with Crippen LogP contribution in [0.2, 0.25) is 0 Å². The molecule has 1 aromatic heterocycles. The van der Waals surface area contributed by atoms with E-state index in [0.29, 0.717) is 54.7 Å². The highest BCUT2D eigenvalue weighted by Gasteiger charge is 2.34. The maximum Gasteiger partial charge on any atom is 0.343 e. The van der Waals surface area contributed by atoms with Crippen LogP contribution in [-0.4, -0.2) is 50.5 Å². The average molecular weight is 698 g/mol. The zero-order valence-corrected chi connectivity index (χ0v) is 29.0. The molecule has 0 saturated heterocycles. The molecule has 1 aliphatic heterocycles. The fourth-order valence-corrected chi connectivity index (χ4v) is 6.36. The van der Waals surface area contributed by atoms with Gasteiger partial charge in [-0.25, -0.2) is 14.6 Å². The third-order valence-electron chi connectivity index (χ3n) is 7.66. The fourth-order valence-electron chi connectivity index (χ4n) is 5.32. The predicted octanol–water partition coefficient (Wildman–Crippen LogP) is 4.21. The molecule has 1 atom stereocenters. The van der Waals surface area contributed by atoms with Crippen molar-refractivity contribution in [3.8, 4) is 29.1 Å². The molecule has 0 aliphatic carbocycles. The summed E-state index contributed by atoms with van der Waals surface area (Å²) in [5.74, 6) is 0.326. The van der Waals surface area contributed by atoms with Crippen LogP contribution in [0, 0.1) is 11.3 Å². The zero-order chi connectivity index (χ0) is 35.8. The molecule has 13 heteroatoms. The van der Waals surface area contributed by atoms with Crippen molar-refractivity contribution in [2.75, 3.05) is 34.0 Å². The van der Waals surface area contributed by atoms with Crippen LogP contribution >= 0.6 is 11.3 Å². The van der Waals surface area contributed by atoms with E-state index in [4.69, 9.17) is 28.9 Å². The summed E-state index contributed by atoms with van der Waals surface area (Å²) in [5, 5.41) is 9.13. The molecule has 1 aliphatic rings. The van der Waals surface area contributed by atoms with Crippen LogP contribution in [0.25, 0.3) is 6.08 Å². The highest BCUT2D eigenvalue weighted by molar-refractivity contribution is 7.07. The molecule has 2 heterocycles. The lowest BCUT2D eigenvalue weighted by molar-refractivity contribution is -0.143. The second-order valence-electron chi connectivity index (χ2n) is 10.8. The molecule has 0 N–H and O–H groups in total. The number of para-hydroxylation sites is 1. The molecule has 0 saturated carbocycles. The minimum atomic E-state index is -0.918. The number of carbonyl (C=O) groups excluding carboxylic acids is 2. The number of hydrogen-bond donors (Lipinski definition) is 0. The highest BCUT2D eigenvalue weighted by Crippen LogP contribution is 2.37. The summed E-state index contributed by atoms with van der Waals surface area (Å²) in [5.41, 5.74) is 2.72. The molecule has 0 unspecified atom stereocenters. The lowest BCUT2D eigenvalue weighted by Gasteiger charge is -2.25. The molecule has 12 nitrogen and oxygen atoms in total. The number of fused-ring (bicyclic) bond motifs is 1. The number of carbonyl (C=O) groups is 2. The van der Waals surface area contributed by atoms with E-state index in [2.05, 4.69) is 15.8 Å². The van der Waals surface area contributed by atoms with Crippen molar-refractivity contribution < 1.29 is 38.0 Å². The molecule has 4 aromatic rings. The first-order valence-corrected chi connectivity index (χ1v) is 16.5. The van der Waals surface area contributed by atoms with E-state index < -0.39 is 23.5 Å². The first-order valence-electron chi connectivity index (χ1n) is 15.7. The van der Waals surface area contributed by atoms with Gasteiger partial charge in [0.05, 0.1) is 60.9 Å². The van der Waals surface area contributed by atoms with Gasteiger partial charge in [-0.05, 0) is 68.3 Å². The Balaban J connectivity index is 1.62. The van der Waals surface area contributed by atoms with Gasteiger partial charge in [0.25, 0.3) is 5.56 Å². The number of esters is 2. The summed E-state index contributed by atoms with van der Waals surface area (Å²) < 4.78 is 35.2. The highest BCUT2D eigenvalue weighted by atomic mass is 32.1. The fraction of sp³-hybridized carbons (Fsp3) is 0.270. The Morgan fingerprint density at radius 2 is 1.76 bits per heavy atom. The Hall–Kier alpha value is -5.87. The summed E-state index contributed by atoms with van der Waals surface area (Å²) in [6.07, 6.45) is 1.70. The van der Waals surface area contributed by atoms with E-state index in [9.17, 15) is 14.4 Å². The number of hydrogen-bond acceptors (Lipinski definition) is 12. The standard InChI is InChI=1S/C37H35N3O9S/c1-6-46-29-17-25(15-16-27(29)48-21-31(41)45-5)33-32(36(43)47-7-2)22(3)39-37-40(33)35(42)30(50-37)18-26-9-8-10-28(44-4)34(26)49-20-24-13-11-23(19-38)12-14-24/h8-18,33H,6-7,20-21H2,1-5H3/b30-18+/t33-/m0/s1. The van der Waals surface area contributed by atoms with E-state index in [0.717, 1.165) is 5.56 Å². The van der Waals surface area contributed by atoms with Gasteiger partial charge in [-0.15, -0.1) is 0 Å². The Labute approximate surface area is 292 Å². The second kappa shape index (κ2) is 16.0. The van der Waals surface area contributed by atoms with Crippen LogP contribution in [0.4, 0.5) is 0 Å². The van der Waals surface area contributed by atoms with Crippen LogP contribution < -0.4 is 33.8 Å². The van der Waals surface area contributed by atoms with Gasteiger partial charge in [0, 0.05) is 5.56 Å². The number of rotatable bonds is 13. The Morgan fingerprint density at radius 1 is 0.980 bits per heavy atom. The lowest BCUT2D eigenvalue weighted by Crippen LogP contribution is -2.40. The number of allylic oxidation sites excluding steroid dienone is 1. The number of nitrogens with zero attached hydrogens (tertiary/aromatic N) is 3. The van der Waals surface area contributed by atoms with Gasteiger partial charge in [-0.3, -0.25) is 9.36 Å². The summed E-state index contributed by atoms with van der Waals surface area (Å²) in [6, 6.07) is 18.6. The predicted molar refractivity (Wildman–Crippen MR) is 184 cm³/mol. The van der Waals surface area contributed by atoms with Crippen LogP contribution in [-0.2, 0) is 25.7 Å². The van der Waals surface area contributed by atoms with E-state index in [1.807, 2.05) is 18.2 Å². The summed E-state index contributed by atoms with van der Waals surface area (Å²) in [6.45, 7) is 5.47. The maximum absolute atomic E-state index is 14.3. The maximum atomic E-state index is 14.3. The molecule has 0 amide bonds. The Kier molecular flexibility index (Phi) is 11.4. The molecule has 50 heavy (non-hydrogen) atoms. The van der Waals surface area contributed by atoms with Crippen molar-refractivity contribution in [2.45, 2.75) is 33.4 Å². The van der Waals surface area contributed by atoms with Crippen molar-refractivity contribution in [3.05, 3.63) is 114 Å². The summed E-state index contributed by atoms with van der Waals surface area (Å²) in [4.78, 5) is 44.6. The number of thiazole rings is 1. The zero-order valence-electron chi connectivity index (χ0n) is 28.2. The van der Waals surface area contributed by atoms with Crippen LogP contribution in [0.3, 0.4) is 0 Å². The van der Waals surface area contributed by atoms with E-state index >= 15 is 0 Å². The van der Waals surface area contributed by atoms with Gasteiger partial charge in [-0.2, -0.15) is 5.26 Å². The first kappa shape index (κ1) is 35.4. The molecule has 258 valence electrons. The minimum Gasteiger partial charge on any atom is -0.493 e. The Bertz CT molecular complexity index is 2160. The summed E-state index contributed by atoms with van der Waals surface area (Å²) in [7, 11) is 2.79. The van der Waals surface area contributed by atoms with Crippen molar-refractivity contribution in [1.82, 2.24) is 4.57 Å². The van der Waals surface area contributed by atoms with E-state index in [-0.39, 0.29) is 32.0 Å². The second-order valence-corrected chi connectivity index (χ2v) is 11.8. The van der Waals surface area contributed by atoms with Crippen molar-refractivity contribution in [1.29, 1.82) is 5.26 Å². The number of aromatic nitrogens is 1. The number of benzene rings is 3. The average Bonchev–Trinajstić information content (AvgIpc) is 3.43. The van der Waals surface area contributed by atoms with E-state index in [1.54, 1.807) is 69.3 Å². The topological polar surface area (TPSA) is 148 Å². The molecule has 5 rings (SSSR count). The lowest BCUT2D eigenvalue weighted by atomic mass is 9.95. The molecular weight excluding hydrogens is 662 g/mol. The Morgan fingerprint density at radius 3 is 2.44 bits per heavy atom. The number of ether oxygens (including phenoxy) is 6. The molecule has 0 fully saturated rings.